The Bertz CT molecular complexity index is 706. The van der Waals surface area contributed by atoms with Crippen LogP contribution >= 0.6 is 0 Å². The van der Waals surface area contributed by atoms with Gasteiger partial charge in [0.1, 0.15) is 6.04 Å². The van der Waals surface area contributed by atoms with Crippen LogP contribution in [0.5, 0.6) is 0 Å². The molecular formula is C20H34N3O3S+. The van der Waals surface area contributed by atoms with Crippen LogP contribution in [0.15, 0.2) is 29.2 Å². The van der Waals surface area contributed by atoms with Crippen molar-refractivity contribution in [1.82, 2.24) is 9.21 Å². The molecule has 0 aromatic heterocycles. The number of likely N-dealkylation sites (tertiary alicyclic amines) is 1. The lowest BCUT2D eigenvalue weighted by atomic mass is 9.99. The van der Waals surface area contributed by atoms with E-state index in [0.29, 0.717) is 30.4 Å². The quantitative estimate of drug-likeness (QED) is 0.725. The number of sulfonamides is 1. The number of hydrogen-bond acceptors (Lipinski definition) is 3. The lowest BCUT2D eigenvalue weighted by molar-refractivity contribution is -0.683. The highest BCUT2D eigenvalue weighted by Gasteiger charge is 2.23. The zero-order valence-electron chi connectivity index (χ0n) is 17.0. The Balaban J connectivity index is 1.93. The topological polar surface area (TPSA) is 74.3 Å². The molecule has 6 nitrogen and oxygen atoms in total. The summed E-state index contributed by atoms with van der Waals surface area (Å²) in [7, 11) is -3.43. The average molecular weight is 397 g/mol. The first kappa shape index (κ1) is 21.9. The van der Waals surface area contributed by atoms with Gasteiger partial charge >= 0.3 is 0 Å². The number of carbonyl (C=O) groups is 1. The standard InChI is InChI=1S/C20H33N3O3S/c1-5-23(6-2)27(25,26)19-9-7-18(8-10-19)17(4)21-15-20(24)22-13-11-16(3)12-14-22/h7-10,16-17,21H,5-6,11-15H2,1-4H3/p+1/t17-/m0/s1. The van der Waals surface area contributed by atoms with Crippen molar-refractivity contribution in [2.75, 3.05) is 32.7 Å². The van der Waals surface area contributed by atoms with Crippen molar-refractivity contribution in [2.24, 2.45) is 5.92 Å². The number of amides is 1. The normalized spacial score (nSPS) is 17.3. The van der Waals surface area contributed by atoms with Crippen LogP contribution in [0.2, 0.25) is 0 Å². The molecule has 27 heavy (non-hydrogen) atoms. The fourth-order valence-corrected chi connectivity index (χ4v) is 4.91. The van der Waals surface area contributed by atoms with Gasteiger partial charge in [0.05, 0.1) is 4.90 Å². The Morgan fingerprint density at radius 1 is 1.19 bits per heavy atom. The molecule has 1 atom stereocenters. The average Bonchev–Trinajstić information content (AvgIpc) is 2.67. The summed E-state index contributed by atoms with van der Waals surface area (Å²) in [5.74, 6) is 0.901. The number of quaternary nitrogens is 1. The number of piperidine rings is 1. The molecule has 0 saturated carbocycles. The highest BCUT2D eigenvalue weighted by Crippen LogP contribution is 2.18. The van der Waals surface area contributed by atoms with Crippen molar-refractivity contribution in [3.63, 3.8) is 0 Å². The van der Waals surface area contributed by atoms with Crippen LogP contribution in [0.4, 0.5) is 0 Å². The van der Waals surface area contributed by atoms with E-state index in [4.69, 9.17) is 0 Å². The fourth-order valence-electron chi connectivity index (χ4n) is 3.46. The molecule has 7 heteroatoms. The number of rotatable bonds is 8. The summed E-state index contributed by atoms with van der Waals surface area (Å²) in [5, 5.41) is 2.02. The molecule has 152 valence electrons. The zero-order chi connectivity index (χ0) is 20.0. The summed E-state index contributed by atoms with van der Waals surface area (Å²) in [4.78, 5) is 14.7. The summed E-state index contributed by atoms with van der Waals surface area (Å²) in [6.07, 6.45) is 2.17. The summed E-state index contributed by atoms with van der Waals surface area (Å²) in [5.41, 5.74) is 1.02. The molecule has 0 unspecified atom stereocenters. The monoisotopic (exact) mass is 396 g/mol. The Hall–Kier alpha value is -1.44. The van der Waals surface area contributed by atoms with E-state index in [1.54, 1.807) is 12.1 Å². The first-order chi connectivity index (χ1) is 12.8. The number of benzene rings is 1. The van der Waals surface area contributed by atoms with Crippen molar-refractivity contribution < 1.29 is 18.5 Å². The molecule has 1 aromatic rings. The first-order valence-electron chi connectivity index (χ1n) is 10.0. The fraction of sp³-hybridized carbons (Fsp3) is 0.650. The molecule has 1 heterocycles. The van der Waals surface area contributed by atoms with Crippen LogP contribution in [0.1, 0.15) is 52.1 Å². The zero-order valence-corrected chi connectivity index (χ0v) is 17.8. The van der Waals surface area contributed by atoms with E-state index in [2.05, 4.69) is 6.92 Å². The third kappa shape index (κ3) is 5.53. The molecule has 2 N–H and O–H groups in total. The second-order valence-corrected chi connectivity index (χ2v) is 9.39. The number of nitrogens with zero attached hydrogens (tertiary/aromatic N) is 2. The van der Waals surface area contributed by atoms with Crippen LogP contribution < -0.4 is 5.32 Å². The van der Waals surface area contributed by atoms with E-state index in [-0.39, 0.29) is 11.9 Å². The molecule has 1 aliphatic heterocycles. The molecule has 0 spiro atoms. The van der Waals surface area contributed by atoms with Gasteiger partial charge in [0.25, 0.3) is 5.91 Å². The molecule has 0 bridgehead atoms. The Labute approximate surface area is 164 Å². The Kier molecular flexibility index (Phi) is 7.82. The van der Waals surface area contributed by atoms with Crippen molar-refractivity contribution in [1.29, 1.82) is 0 Å². The minimum absolute atomic E-state index is 0.0999. The van der Waals surface area contributed by atoms with Crippen LogP contribution in [-0.4, -0.2) is 56.3 Å². The number of hydrogen-bond donors (Lipinski definition) is 1. The molecule has 0 radical (unpaired) electrons. The van der Waals surface area contributed by atoms with Crippen LogP contribution in [0.25, 0.3) is 0 Å². The summed E-state index contributed by atoms with van der Waals surface area (Å²) < 4.78 is 26.6. The van der Waals surface area contributed by atoms with Gasteiger partial charge in [-0.1, -0.05) is 32.9 Å². The van der Waals surface area contributed by atoms with Gasteiger partial charge in [0.2, 0.25) is 10.0 Å². The third-order valence-corrected chi connectivity index (χ3v) is 7.60. The van der Waals surface area contributed by atoms with E-state index >= 15 is 0 Å². The first-order valence-corrected chi connectivity index (χ1v) is 11.4. The number of nitrogens with two attached hydrogens (primary N) is 1. The summed E-state index contributed by atoms with van der Waals surface area (Å²) in [6.45, 7) is 11.0. The van der Waals surface area contributed by atoms with Gasteiger partial charge in [-0.3, -0.25) is 4.79 Å². The lowest BCUT2D eigenvalue weighted by Gasteiger charge is -2.30. The Morgan fingerprint density at radius 3 is 2.26 bits per heavy atom. The van der Waals surface area contributed by atoms with E-state index in [1.807, 2.05) is 43.1 Å². The van der Waals surface area contributed by atoms with Crippen molar-refractivity contribution in [3.05, 3.63) is 29.8 Å². The molecule has 1 aromatic carbocycles. The van der Waals surface area contributed by atoms with Crippen molar-refractivity contribution in [2.45, 2.75) is 51.5 Å². The maximum atomic E-state index is 12.6. The minimum atomic E-state index is -3.43. The maximum Gasteiger partial charge on any atom is 0.277 e. The van der Waals surface area contributed by atoms with E-state index in [1.165, 1.54) is 4.31 Å². The van der Waals surface area contributed by atoms with E-state index in [0.717, 1.165) is 31.5 Å². The predicted octanol–water partition coefficient (Wildman–Crippen LogP) is 1.60. The van der Waals surface area contributed by atoms with Crippen LogP contribution in [0.3, 0.4) is 0 Å². The molecule has 2 rings (SSSR count). The lowest BCUT2D eigenvalue weighted by Crippen LogP contribution is -2.87. The SMILES string of the molecule is CCN(CC)S(=O)(=O)c1ccc([C@H](C)[NH2+]CC(=O)N2CCC(C)CC2)cc1. The van der Waals surface area contributed by atoms with Crippen LogP contribution in [-0.2, 0) is 14.8 Å². The third-order valence-electron chi connectivity index (χ3n) is 5.53. The second kappa shape index (κ2) is 9.66. The molecule has 1 fully saturated rings. The van der Waals surface area contributed by atoms with E-state index < -0.39 is 10.0 Å². The van der Waals surface area contributed by atoms with Crippen LogP contribution in [0, 0.1) is 5.92 Å². The van der Waals surface area contributed by atoms with Gasteiger partial charge in [0, 0.05) is 31.7 Å². The smallest absolute Gasteiger partial charge is 0.277 e. The largest absolute Gasteiger partial charge is 0.338 e. The summed E-state index contributed by atoms with van der Waals surface area (Å²) >= 11 is 0. The predicted molar refractivity (Wildman–Crippen MR) is 107 cm³/mol. The maximum absolute atomic E-state index is 12.6. The highest BCUT2D eigenvalue weighted by atomic mass is 32.2. The molecule has 1 aliphatic rings. The second-order valence-electron chi connectivity index (χ2n) is 7.45. The van der Waals surface area contributed by atoms with Gasteiger partial charge < -0.3 is 10.2 Å². The van der Waals surface area contributed by atoms with E-state index in [9.17, 15) is 13.2 Å². The van der Waals surface area contributed by atoms with Gasteiger partial charge in [0.15, 0.2) is 6.54 Å². The number of carbonyl (C=O) groups excluding carboxylic acids is 1. The van der Waals surface area contributed by atoms with Gasteiger partial charge in [-0.2, -0.15) is 4.31 Å². The van der Waals surface area contributed by atoms with Crippen molar-refractivity contribution >= 4 is 15.9 Å². The van der Waals surface area contributed by atoms with Crippen molar-refractivity contribution in [3.8, 4) is 0 Å². The van der Waals surface area contributed by atoms with Gasteiger partial charge in [-0.15, -0.1) is 0 Å². The molecular weight excluding hydrogens is 362 g/mol. The van der Waals surface area contributed by atoms with Gasteiger partial charge in [-0.05, 0) is 37.8 Å². The molecule has 1 amide bonds. The minimum Gasteiger partial charge on any atom is -0.338 e. The molecule has 0 aliphatic carbocycles. The van der Waals surface area contributed by atoms with Gasteiger partial charge in [-0.25, -0.2) is 8.42 Å². The Morgan fingerprint density at radius 2 is 1.74 bits per heavy atom. The highest BCUT2D eigenvalue weighted by molar-refractivity contribution is 7.89. The molecule has 1 saturated heterocycles. The summed E-state index contributed by atoms with van der Waals surface area (Å²) in [6, 6.07) is 7.14.